The number of hydrogen-bond acceptors (Lipinski definition) is 5. The van der Waals surface area contributed by atoms with Gasteiger partial charge in [0.25, 0.3) is 0 Å². The molecule has 0 saturated heterocycles. The molecular formula is C14H16N4O3. The van der Waals surface area contributed by atoms with Gasteiger partial charge in [-0.25, -0.2) is 4.98 Å². The lowest BCUT2D eigenvalue weighted by Crippen LogP contribution is -2.27. The minimum Gasteiger partial charge on any atom is -0.354 e. The first-order chi connectivity index (χ1) is 10.1. The van der Waals surface area contributed by atoms with Gasteiger partial charge in [-0.2, -0.15) is 0 Å². The Kier molecular flexibility index (Phi) is 3.32. The third-order valence-electron chi connectivity index (χ3n) is 3.81. The highest BCUT2D eigenvalue weighted by atomic mass is 16.6. The topological polar surface area (TPSA) is 80.8 Å². The summed E-state index contributed by atoms with van der Waals surface area (Å²) in [6, 6.07) is 5.07. The Hall–Kier alpha value is -2.44. The van der Waals surface area contributed by atoms with Gasteiger partial charge >= 0.3 is 11.2 Å². The van der Waals surface area contributed by atoms with E-state index < -0.39 is 16.2 Å². The predicted molar refractivity (Wildman–Crippen MR) is 78.7 cm³/mol. The highest BCUT2D eigenvalue weighted by molar-refractivity contribution is 5.61. The molecular weight excluding hydrogens is 272 g/mol. The summed E-state index contributed by atoms with van der Waals surface area (Å²) in [6.45, 7) is 0.668. The number of aromatic nitrogens is 2. The SMILES string of the molecule is CN(CCC1CC1)c1nc2ccccn2c(=O)c1[N+](=O)[O-]. The van der Waals surface area contributed by atoms with Crippen molar-refractivity contribution in [3.8, 4) is 0 Å². The van der Waals surface area contributed by atoms with Gasteiger partial charge in [-0.3, -0.25) is 19.3 Å². The molecule has 0 aromatic carbocycles. The van der Waals surface area contributed by atoms with Crippen LogP contribution < -0.4 is 10.5 Å². The molecule has 110 valence electrons. The molecule has 0 spiro atoms. The number of pyridine rings is 1. The van der Waals surface area contributed by atoms with Crippen LogP contribution in [0.4, 0.5) is 11.5 Å². The molecule has 0 amide bonds. The van der Waals surface area contributed by atoms with Crippen LogP contribution in [0.5, 0.6) is 0 Å². The molecule has 7 heteroatoms. The van der Waals surface area contributed by atoms with Crippen molar-refractivity contribution in [3.05, 3.63) is 44.9 Å². The highest BCUT2D eigenvalue weighted by Crippen LogP contribution is 2.33. The minimum atomic E-state index is -0.641. The molecule has 1 aliphatic carbocycles. The molecule has 2 heterocycles. The number of fused-ring (bicyclic) bond motifs is 1. The first kappa shape index (κ1) is 13.5. The van der Waals surface area contributed by atoms with Crippen LogP contribution in [0.1, 0.15) is 19.3 Å². The monoisotopic (exact) mass is 288 g/mol. The van der Waals surface area contributed by atoms with Gasteiger partial charge in [0, 0.05) is 19.8 Å². The Morgan fingerprint density at radius 2 is 2.24 bits per heavy atom. The summed E-state index contributed by atoms with van der Waals surface area (Å²) < 4.78 is 1.20. The lowest BCUT2D eigenvalue weighted by Gasteiger charge is -2.18. The van der Waals surface area contributed by atoms with E-state index in [1.807, 2.05) is 0 Å². The number of nitrogens with zero attached hydrogens (tertiary/aromatic N) is 4. The van der Waals surface area contributed by atoms with Crippen molar-refractivity contribution in [2.24, 2.45) is 5.92 Å². The lowest BCUT2D eigenvalue weighted by molar-refractivity contribution is -0.385. The largest absolute Gasteiger partial charge is 0.376 e. The van der Waals surface area contributed by atoms with E-state index in [0.29, 0.717) is 18.1 Å². The highest BCUT2D eigenvalue weighted by Gasteiger charge is 2.27. The molecule has 0 unspecified atom stereocenters. The summed E-state index contributed by atoms with van der Waals surface area (Å²) in [6.07, 6.45) is 4.92. The second kappa shape index (κ2) is 5.16. The summed E-state index contributed by atoms with van der Waals surface area (Å²) in [5, 5.41) is 11.3. The smallest absolute Gasteiger partial charge is 0.354 e. The number of nitro groups is 1. The van der Waals surface area contributed by atoms with Crippen LogP contribution in [0.15, 0.2) is 29.2 Å². The van der Waals surface area contributed by atoms with Crippen LogP contribution in [0.3, 0.4) is 0 Å². The van der Waals surface area contributed by atoms with Crippen LogP contribution in [0, 0.1) is 16.0 Å². The van der Waals surface area contributed by atoms with Gasteiger partial charge in [0.2, 0.25) is 5.82 Å². The molecule has 2 aromatic heterocycles. The summed E-state index contributed by atoms with van der Waals surface area (Å²) in [5.74, 6) is 0.866. The predicted octanol–water partition coefficient (Wildman–Crippen LogP) is 1.84. The molecule has 1 fully saturated rings. The maximum atomic E-state index is 12.3. The van der Waals surface area contributed by atoms with E-state index in [1.54, 1.807) is 30.1 Å². The maximum absolute atomic E-state index is 12.3. The average Bonchev–Trinajstić information content (AvgIpc) is 3.28. The van der Waals surface area contributed by atoms with Crippen molar-refractivity contribution in [2.75, 3.05) is 18.5 Å². The fourth-order valence-corrected chi connectivity index (χ4v) is 2.38. The van der Waals surface area contributed by atoms with E-state index in [4.69, 9.17) is 0 Å². The Bertz CT molecular complexity index is 751. The molecule has 3 rings (SSSR count). The lowest BCUT2D eigenvalue weighted by atomic mass is 10.3. The van der Waals surface area contributed by atoms with Crippen molar-refractivity contribution in [3.63, 3.8) is 0 Å². The second-order valence-electron chi connectivity index (χ2n) is 5.43. The van der Waals surface area contributed by atoms with E-state index in [-0.39, 0.29) is 5.82 Å². The zero-order valence-electron chi connectivity index (χ0n) is 11.7. The van der Waals surface area contributed by atoms with E-state index >= 15 is 0 Å². The number of anilines is 1. The standard InChI is InChI=1S/C14H16N4O3/c1-16(9-7-10-5-6-10)13-12(18(20)21)14(19)17-8-3-2-4-11(17)15-13/h2-4,8,10H,5-7,9H2,1H3. The summed E-state index contributed by atoms with van der Waals surface area (Å²) in [5.41, 5.74) is -0.683. The third-order valence-corrected chi connectivity index (χ3v) is 3.81. The molecule has 2 aromatic rings. The first-order valence-corrected chi connectivity index (χ1v) is 6.95. The molecule has 7 nitrogen and oxygen atoms in total. The van der Waals surface area contributed by atoms with Crippen LogP contribution in [0.25, 0.3) is 5.65 Å². The molecule has 1 aliphatic rings. The Labute approximate surface area is 121 Å². The van der Waals surface area contributed by atoms with Gasteiger partial charge in [-0.05, 0) is 24.5 Å². The summed E-state index contributed by atoms with van der Waals surface area (Å²) in [4.78, 5) is 28.9. The maximum Gasteiger partial charge on any atom is 0.376 e. The van der Waals surface area contributed by atoms with Crippen molar-refractivity contribution < 1.29 is 4.92 Å². The fraction of sp³-hybridized carbons (Fsp3) is 0.429. The Morgan fingerprint density at radius 3 is 2.90 bits per heavy atom. The summed E-state index contributed by atoms with van der Waals surface area (Å²) >= 11 is 0. The van der Waals surface area contributed by atoms with E-state index in [2.05, 4.69) is 4.98 Å². The molecule has 1 saturated carbocycles. The first-order valence-electron chi connectivity index (χ1n) is 6.95. The number of rotatable bonds is 5. The minimum absolute atomic E-state index is 0.150. The van der Waals surface area contributed by atoms with Gasteiger partial charge in [0.05, 0.1) is 4.92 Å². The third kappa shape index (κ3) is 2.58. The Balaban J connectivity index is 2.08. The average molecular weight is 288 g/mol. The van der Waals surface area contributed by atoms with Crippen molar-refractivity contribution in [1.29, 1.82) is 0 Å². The van der Waals surface area contributed by atoms with Gasteiger partial charge in [0.15, 0.2) is 0 Å². The molecule has 0 bridgehead atoms. The van der Waals surface area contributed by atoms with Crippen LogP contribution in [-0.4, -0.2) is 27.9 Å². The normalized spacial score (nSPS) is 14.3. The van der Waals surface area contributed by atoms with Crippen LogP contribution >= 0.6 is 0 Å². The molecule has 0 aliphatic heterocycles. The van der Waals surface area contributed by atoms with Crippen molar-refractivity contribution >= 4 is 17.2 Å². The fourth-order valence-electron chi connectivity index (χ4n) is 2.38. The van der Waals surface area contributed by atoms with Gasteiger partial charge in [-0.15, -0.1) is 0 Å². The van der Waals surface area contributed by atoms with E-state index in [9.17, 15) is 14.9 Å². The number of hydrogen-bond donors (Lipinski definition) is 0. The molecule has 0 radical (unpaired) electrons. The quantitative estimate of drug-likeness (QED) is 0.619. The van der Waals surface area contributed by atoms with Gasteiger partial charge in [0.1, 0.15) is 5.65 Å². The van der Waals surface area contributed by atoms with Gasteiger partial charge in [-0.1, -0.05) is 18.9 Å². The molecule has 0 atom stereocenters. The van der Waals surface area contributed by atoms with Crippen molar-refractivity contribution in [1.82, 2.24) is 9.38 Å². The van der Waals surface area contributed by atoms with Crippen LogP contribution in [0.2, 0.25) is 0 Å². The van der Waals surface area contributed by atoms with E-state index in [1.165, 1.54) is 23.4 Å². The Morgan fingerprint density at radius 1 is 1.48 bits per heavy atom. The second-order valence-corrected chi connectivity index (χ2v) is 5.43. The molecule has 0 N–H and O–H groups in total. The molecule has 21 heavy (non-hydrogen) atoms. The zero-order valence-corrected chi connectivity index (χ0v) is 11.7. The van der Waals surface area contributed by atoms with Gasteiger partial charge < -0.3 is 4.90 Å². The summed E-state index contributed by atoms with van der Waals surface area (Å²) in [7, 11) is 1.75. The van der Waals surface area contributed by atoms with E-state index in [0.717, 1.165) is 6.42 Å². The zero-order chi connectivity index (χ0) is 15.0. The van der Waals surface area contributed by atoms with Crippen molar-refractivity contribution in [2.45, 2.75) is 19.3 Å². The van der Waals surface area contributed by atoms with Crippen LogP contribution in [-0.2, 0) is 0 Å².